The largest absolute Gasteiger partial charge is 0.479 e. The highest BCUT2D eigenvalue weighted by Crippen LogP contribution is 2.20. The fourth-order valence-electron chi connectivity index (χ4n) is 2.05. The molecule has 0 bridgehead atoms. The van der Waals surface area contributed by atoms with Crippen LogP contribution >= 0.6 is 0 Å². The molecule has 1 heterocycles. The lowest BCUT2D eigenvalue weighted by Crippen LogP contribution is -2.28. The van der Waals surface area contributed by atoms with Gasteiger partial charge >= 0.3 is 11.6 Å². The third-order valence-electron chi connectivity index (χ3n) is 3.20. The van der Waals surface area contributed by atoms with E-state index in [9.17, 15) is 9.59 Å². The number of benzene rings is 2. The minimum Gasteiger partial charge on any atom is -0.479 e. The highest BCUT2D eigenvalue weighted by Gasteiger charge is 2.17. The fraction of sp³-hybridized carbons (Fsp3) is 0.111. The Morgan fingerprint density at radius 2 is 1.74 bits per heavy atom. The first kappa shape index (κ1) is 14.8. The van der Waals surface area contributed by atoms with Crippen molar-refractivity contribution in [3.05, 3.63) is 71.1 Å². The van der Waals surface area contributed by atoms with Crippen LogP contribution in [0.3, 0.4) is 0 Å². The van der Waals surface area contributed by atoms with Crippen molar-refractivity contribution >= 4 is 16.9 Å². The first-order valence-corrected chi connectivity index (χ1v) is 7.09. The molecule has 0 N–H and O–H groups in total. The lowest BCUT2D eigenvalue weighted by molar-refractivity contribution is -0.141. The summed E-state index contributed by atoms with van der Waals surface area (Å²) in [5.74, 6) is 0.341. The highest BCUT2D eigenvalue weighted by molar-refractivity contribution is 5.81. The van der Waals surface area contributed by atoms with Gasteiger partial charge in [-0.1, -0.05) is 18.2 Å². The molecule has 0 aliphatic heterocycles. The number of para-hydroxylation sites is 1. The standard InChI is InChI=1S/C18H14O5/c1-12(21-14-5-3-2-4-6-14)18(20)22-15-9-7-13-8-10-17(19)23-16(13)11-15/h2-12H,1H3/t12-/m1/s1. The maximum Gasteiger partial charge on any atom is 0.352 e. The molecule has 1 aromatic heterocycles. The molecule has 116 valence electrons. The van der Waals surface area contributed by atoms with E-state index in [0.29, 0.717) is 17.1 Å². The number of hydrogen-bond acceptors (Lipinski definition) is 5. The normalized spacial score (nSPS) is 11.9. The lowest BCUT2D eigenvalue weighted by Gasteiger charge is -2.13. The summed E-state index contributed by atoms with van der Waals surface area (Å²) in [5, 5.41) is 0.748. The molecule has 0 aliphatic rings. The summed E-state index contributed by atoms with van der Waals surface area (Å²) in [6.45, 7) is 1.61. The van der Waals surface area contributed by atoms with Crippen LogP contribution in [0.25, 0.3) is 11.0 Å². The average molecular weight is 310 g/mol. The Morgan fingerprint density at radius 1 is 1.00 bits per heavy atom. The molecule has 23 heavy (non-hydrogen) atoms. The van der Waals surface area contributed by atoms with Crippen molar-refractivity contribution in [2.45, 2.75) is 13.0 Å². The predicted octanol–water partition coefficient (Wildman–Crippen LogP) is 3.17. The zero-order valence-corrected chi connectivity index (χ0v) is 12.4. The van der Waals surface area contributed by atoms with Crippen LogP contribution in [-0.2, 0) is 4.79 Å². The second-order valence-corrected chi connectivity index (χ2v) is 4.95. The SMILES string of the molecule is C[C@@H](Oc1ccccc1)C(=O)Oc1ccc2ccc(=O)oc2c1. The predicted molar refractivity (Wildman–Crippen MR) is 84.7 cm³/mol. The van der Waals surface area contributed by atoms with Crippen LogP contribution in [0, 0.1) is 0 Å². The zero-order chi connectivity index (χ0) is 16.2. The molecule has 0 saturated heterocycles. The molecular formula is C18H14O5. The van der Waals surface area contributed by atoms with E-state index in [0.717, 1.165) is 5.39 Å². The molecule has 0 spiro atoms. The quantitative estimate of drug-likeness (QED) is 0.421. The average Bonchev–Trinajstić information content (AvgIpc) is 2.55. The molecule has 3 aromatic rings. The van der Waals surface area contributed by atoms with Gasteiger partial charge in [0.25, 0.3) is 0 Å². The number of carbonyl (C=O) groups is 1. The van der Waals surface area contributed by atoms with Crippen LogP contribution < -0.4 is 15.1 Å². The van der Waals surface area contributed by atoms with E-state index in [1.165, 1.54) is 12.1 Å². The van der Waals surface area contributed by atoms with Crippen molar-refractivity contribution in [1.29, 1.82) is 0 Å². The summed E-state index contributed by atoms with van der Waals surface area (Å²) >= 11 is 0. The van der Waals surface area contributed by atoms with Crippen molar-refractivity contribution < 1.29 is 18.7 Å². The number of carbonyl (C=O) groups excluding carboxylic acids is 1. The lowest BCUT2D eigenvalue weighted by atomic mass is 10.2. The topological polar surface area (TPSA) is 65.7 Å². The molecule has 0 fully saturated rings. The number of hydrogen-bond donors (Lipinski definition) is 0. The van der Waals surface area contributed by atoms with Gasteiger partial charge in [0.1, 0.15) is 17.1 Å². The Balaban J connectivity index is 1.73. The van der Waals surface area contributed by atoms with Gasteiger partial charge in [-0.3, -0.25) is 0 Å². The van der Waals surface area contributed by atoms with Gasteiger partial charge in [-0.2, -0.15) is 0 Å². The molecule has 0 saturated carbocycles. The molecule has 0 unspecified atom stereocenters. The summed E-state index contributed by atoms with van der Waals surface area (Å²) < 4.78 is 15.8. The number of rotatable bonds is 4. The van der Waals surface area contributed by atoms with E-state index in [-0.39, 0.29) is 0 Å². The van der Waals surface area contributed by atoms with Gasteiger partial charge in [0.2, 0.25) is 0 Å². The molecule has 1 atom stereocenters. The van der Waals surface area contributed by atoms with E-state index < -0.39 is 17.7 Å². The summed E-state index contributed by atoms with van der Waals surface area (Å²) in [7, 11) is 0. The van der Waals surface area contributed by atoms with Gasteiger partial charge in [-0.15, -0.1) is 0 Å². The minimum absolute atomic E-state index is 0.292. The van der Waals surface area contributed by atoms with Gasteiger partial charge in [0, 0.05) is 17.5 Å². The molecule has 0 aliphatic carbocycles. The van der Waals surface area contributed by atoms with Crippen molar-refractivity contribution in [3.8, 4) is 11.5 Å². The van der Waals surface area contributed by atoms with E-state index in [2.05, 4.69) is 0 Å². The van der Waals surface area contributed by atoms with E-state index >= 15 is 0 Å². The monoisotopic (exact) mass is 310 g/mol. The van der Waals surface area contributed by atoms with Gasteiger partial charge in [-0.05, 0) is 37.3 Å². The molecule has 5 nitrogen and oxygen atoms in total. The molecule has 5 heteroatoms. The van der Waals surface area contributed by atoms with Crippen molar-refractivity contribution in [3.63, 3.8) is 0 Å². The second-order valence-electron chi connectivity index (χ2n) is 4.95. The Morgan fingerprint density at radius 3 is 2.52 bits per heavy atom. The van der Waals surface area contributed by atoms with Gasteiger partial charge in [-0.25, -0.2) is 9.59 Å². The summed E-state index contributed by atoms with van der Waals surface area (Å²) in [6.07, 6.45) is -0.768. The minimum atomic E-state index is -0.768. The molecule has 3 rings (SSSR count). The smallest absolute Gasteiger partial charge is 0.352 e. The summed E-state index contributed by atoms with van der Waals surface area (Å²) in [4.78, 5) is 23.3. The van der Waals surface area contributed by atoms with Crippen LogP contribution in [0.5, 0.6) is 11.5 Å². The first-order chi connectivity index (χ1) is 11.1. The number of fused-ring (bicyclic) bond motifs is 1. The van der Waals surface area contributed by atoms with Gasteiger partial charge < -0.3 is 13.9 Å². The maximum absolute atomic E-state index is 12.1. The van der Waals surface area contributed by atoms with Crippen molar-refractivity contribution in [2.24, 2.45) is 0 Å². The summed E-state index contributed by atoms with van der Waals surface area (Å²) in [6, 6.07) is 16.8. The Hall–Kier alpha value is -3.08. The van der Waals surface area contributed by atoms with E-state index in [1.54, 1.807) is 37.3 Å². The van der Waals surface area contributed by atoms with Crippen LogP contribution in [0.4, 0.5) is 0 Å². The number of esters is 1. The molecule has 2 aromatic carbocycles. The summed E-state index contributed by atoms with van der Waals surface area (Å²) in [5.41, 5.74) is -0.0961. The van der Waals surface area contributed by atoms with Crippen LogP contribution in [0.2, 0.25) is 0 Å². The molecule has 0 radical (unpaired) electrons. The highest BCUT2D eigenvalue weighted by atomic mass is 16.6. The van der Waals surface area contributed by atoms with Crippen molar-refractivity contribution in [2.75, 3.05) is 0 Å². The Bertz CT molecular complexity index is 883. The van der Waals surface area contributed by atoms with Crippen LogP contribution in [0.15, 0.2) is 69.9 Å². The van der Waals surface area contributed by atoms with Crippen molar-refractivity contribution in [1.82, 2.24) is 0 Å². The first-order valence-electron chi connectivity index (χ1n) is 7.09. The van der Waals surface area contributed by atoms with Crippen LogP contribution in [-0.4, -0.2) is 12.1 Å². The van der Waals surface area contributed by atoms with Crippen LogP contribution in [0.1, 0.15) is 6.92 Å². The maximum atomic E-state index is 12.1. The molecular weight excluding hydrogens is 296 g/mol. The number of ether oxygens (including phenoxy) is 2. The zero-order valence-electron chi connectivity index (χ0n) is 12.4. The van der Waals surface area contributed by atoms with Gasteiger partial charge in [0.05, 0.1) is 0 Å². The third kappa shape index (κ3) is 3.58. The molecule has 0 amide bonds. The van der Waals surface area contributed by atoms with E-state index in [1.807, 2.05) is 18.2 Å². The third-order valence-corrected chi connectivity index (χ3v) is 3.20. The Kier molecular flexibility index (Phi) is 4.10. The second kappa shape index (κ2) is 6.36. The fourth-order valence-corrected chi connectivity index (χ4v) is 2.05. The van der Waals surface area contributed by atoms with Gasteiger partial charge in [0.15, 0.2) is 6.10 Å². The Labute approximate surface area is 132 Å². The van der Waals surface area contributed by atoms with E-state index in [4.69, 9.17) is 13.9 Å².